The molecule has 8 heterocycles. The maximum atomic E-state index is 16.4. The van der Waals surface area contributed by atoms with Gasteiger partial charge in [0, 0.05) is 55.8 Å². The third-order valence-corrected chi connectivity index (χ3v) is 24.2. The summed E-state index contributed by atoms with van der Waals surface area (Å²) in [5.74, 6) is -16.1. The number of aliphatic carboxylic acids is 1. The van der Waals surface area contributed by atoms with Crippen molar-refractivity contribution in [1.82, 2.24) is 57.9 Å². The van der Waals surface area contributed by atoms with Gasteiger partial charge in [0.2, 0.25) is 63.4 Å². The highest BCUT2D eigenvalue weighted by atomic mass is 35.5. The lowest BCUT2D eigenvalue weighted by molar-refractivity contribution is -0.332. The lowest BCUT2D eigenvalue weighted by atomic mass is 9.86. The fourth-order valence-electron chi connectivity index (χ4n) is 15.6. The van der Waals surface area contributed by atoms with Crippen molar-refractivity contribution in [3.63, 3.8) is 0 Å². The van der Waals surface area contributed by atoms with E-state index >= 15 is 24.0 Å². The van der Waals surface area contributed by atoms with E-state index < -0.39 is 265 Å². The highest BCUT2D eigenvalue weighted by Crippen LogP contribution is 2.51. The van der Waals surface area contributed by atoms with Crippen LogP contribution in [0.5, 0.6) is 51.7 Å². The number of aromatic hydroxyl groups is 3. The van der Waals surface area contributed by atoms with Crippen LogP contribution in [0.4, 0.5) is 4.79 Å². The third-order valence-electron chi connectivity index (χ3n) is 22.1. The normalized spacial score (nSPS) is 26.4. The maximum Gasteiger partial charge on any atom is 0.408 e. The molecule has 126 heavy (non-hydrogen) atoms. The van der Waals surface area contributed by atoms with Crippen molar-refractivity contribution in [1.29, 1.82) is 0 Å². The monoisotopic (exact) mass is 1810 g/mol. The summed E-state index contributed by atoms with van der Waals surface area (Å²) in [6.07, 6.45) is -16.3. The SMILES string of the molecule is CCCCCOc1ccc(S(=O)(=O)NCCNCCNCc2c(O)cc3c(c2O)-c2cc(ccc2O)[C@H]2NC(=O)[C@@H]4NC(=O)[C@H](CC(N)=O)NC(=O)[C@H](NC(=O)[C@@H](CC(C)C)NC)[C@H](O)c5ccc(c(Cl)c5)Oc5cc4cc(c5O[C@@H]4O[C@H](CO)[C@@H](O)[C@H](O)[C@H]4O[C@H]4C[C@]5(C)NC(=O)O[C@@H]5[C@H](C)O4)Oc4ccc(cc4Cl)[C@@H](O)[C@H](NC2=O)C(=O)N[C@@H]3C(=O)O)cc1. The van der Waals surface area contributed by atoms with Crippen molar-refractivity contribution in [2.45, 2.75) is 194 Å². The first-order chi connectivity index (χ1) is 59.9. The van der Waals surface area contributed by atoms with Gasteiger partial charge in [0.15, 0.2) is 36.0 Å². The molecule has 43 heteroatoms. The number of carbonyl (C=O) groups is 9. The van der Waals surface area contributed by atoms with Gasteiger partial charge in [-0.2, -0.15) is 0 Å². The van der Waals surface area contributed by atoms with E-state index in [4.69, 9.17) is 66.8 Å². The van der Waals surface area contributed by atoms with E-state index in [0.717, 1.165) is 79.9 Å². The van der Waals surface area contributed by atoms with Crippen LogP contribution in [0, 0.1) is 5.92 Å². The Morgan fingerprint density at radius 2 is 1.34 bits per heavy atom. The predicted molar refractivity (Wildman–Crippen MR) is 444 cm³/mol. The van der Waals surface area contributed by atoms with Crippen molar-refractivity contribution >= 4 is 86.6 Å². The Morgan fingerprint density at radius 3 is 1.98 bits per heavy atom. The number of sulfonamides is 1. The zero-order chi connectivity index (χ0) is 91.1. The Hall–Kier alpha value is -11.0. The summed E-state index contributed by atoms with van der Waals surface area (Å²) in [6.45, 7) is 8.22. The molecule has 8 aliphatic heterocycles. The molecule has 0 aliphatic carbocycles. The van der Waals surface area contributed by atoms with Crippen molar-refractivity contribution in [2.24, 2.45) is 11.7 Å². The molecule has 22 N–H and O–H groups in total. The molecule has 0 unspecified atom stereocenters. The fraction of sp³-hybridized carbons (Fsp3) is 0.458. The molecule has 8 amide bonds. The van der Waals surface area contributed by atoms with Crippen LogP contribution >= 0.6 is 23.2 Å². The third kappa shape index (κ3) is 21.3. The quantitative estimate of drug-likeness (QED) is 0.0313. The number of rotatable bonds is 28. The zero-order valence-corrected chi connectivity index (χ0v) is 71.2. The molecule has 6 aromatic carbocycles. The van der Waals surface area contributed by atoms with Crippen LogP contribution in [-0.2, 0) is 73.9 Å². The van der Waals surface area contributed by atoms with Gasteiger partial charge in [-0.15, -0.1) is 0 Å². The summed E-state index contributed by atoms with van der Waals surface area (Å²) in [7, 11) is -2.48. The Kier molecular flexibility index (Phi) is 30.1. The number of fused-ring (bicyclic) bond motifs is 16. The number of hydrogen-bond acceptors (Lipinski definition) is 30. The van der Waals surface area contributed by atoms with Gasteiger partial charge in [-0.05, 0) is 141 Å². The van der Waals surface area contributed by atoms with E-state index in [0.29, 0.717) is 12.4 Å². The van der Waals surface area contributed by atoms with Crippen LogP contribution < -0.4 is 82.6 Å². The van der Waals surface area contributed by atoms with Gasteiger partial charge in [0.05, 0.1) is 57.8 Å². The predicted octanol–water partition coefficient (Wildman–Crippen LogP) is 2.12. The van der Waals surface area contributed by atoms with Crippen LogP contribution in [0.25, 0.3) is 11.1 Å². The van der Waals surface area contributed by atoms with Gasteiger partial charge in [0.1, 0.15) is 95.2 Å². The van der Waals surface area contributed by atoms with Gasteiger partial charge in [-0.3, -0.25) is 33.6 Å². The lowest BCUT2D eigenvalue weighted by Gasteiger charge is -2.46. The fourth-order valence-corrected chi connectivity index (χ4v) is 17.0. The molecule has 3 saturated heterocycles. The van der Waals surface area contributed by atoms with E-state index in [1.807, 2.05) is 13.8 Å². The van der Waals surface area contributed by atoms with Gasteiger partial charge in [0.25, 0.3) is 0 Å². The van der Waals surface area contributed by atoms with Crippen LogP contribution in [0.1, 0.15) is 137 Å². The molecule has 14 rings (SSSR count). The summed E-state index contributed by atoms with van der Waals surface area (Å²) < 4.78 is 79.1. The molecule has 680 valence electrons. The van der Waals surface area contributed by atoms with Crippen molar-refractivity contribution in [3.8, 4) is 62.9 Å². The average Bonchev–Trinajstić information content (AvgIpc) is 1.36. The molecule has 3 fully saturated rings. The van der Waals surface area contributed by atoms with E-state index in [2.05, 4.69) is 64.8 Å². The van der Waals surface area contributed by atoms with Gasteiger partial charge in [-0.25, -0.2) is 22.7 Å². The number of unbranched alkanes of at least 4 members (excludes halogenated alkanes) is 2. The summed E-state index contributed by atoms with van der Waals surface area (Å²) >= 11 is 14.3. The Morgan fingerprint density at radius 1 is 0.706 bits per heavy atom. The average molecular weight is 1820 g/mol. The molecular formula is C83H100Cl2N12O28S. The lowest BCUT2D eigenvalue weighted by Crippen LogP contribution is -2.63. The largest absolute Gasteiger partial charge is 0.507 e. The van der Waals surface area contributed by atoms with Crippen molar-refractivity contribution in [2.75, 3.05) is 46.4 Å². The molecule has 0 aromatic heterocycles. The number of alkyl carbamates (subject to hydrolysis) is 1. The van der Waals surface area contributed by atoms with E-state index in [9.17, 15) is 73.6 Å². The number of ether oxygens (including phenoxy) is 8. The molecule has 0 saturated carbocycles. The molecule has 0 radical (unpaired) electrons. The summed E-state index contributed by atoms with van der Waals surface area (Å²) in [4.78, 5) is 132. The minimum atomic E-state index is -3.94. The van der Waals surface area contributed by atoms with Crippen LogP contribution in [0.15, 0.2) is 102 Å². The number of benzene rings is 6. The first-order valence-corrected chi connectivity index (χ1v) is 42.8. The number of carboxylic acid groups (broad SMARTS) is 1. The van der Waals surface area contributed by atoms with E-state index in [-0.39, 0.29) is 77.3 Å². The highest BCUT2D eigenvalue weighted by Gasteiger charge is 2.56. The van der Waals surface area contributed by atoms with Gasteiger partial charge >= 0.3 is 12.1 Å². The second-order valence-electron chi connectivity index (χ2n) is 31.7. The standard InChI is InChI=1S/C83H100Cl2N12O28S/c1-7-8-9-24-118-42-13-15-43(16-14-42)126(116,117)90-23-22-88-20-21-89-34-46-52(100)31-45-60(68(46)104)44-26-38(10-17-51(44)99)61-76(109)96-65(79(112)94-63(45)80(113)114)67(103)40-12-19-54(48(85)28-40)121-56-30-41-29-55(71(56)124-81-72(70(106)69(105)57(35-98)122-81)123-59-33-83(5)73(37(4)119-59)125-82(115)97-83)120-53-18-11-39(27-47(53)84)66(102)64(95-74(107)49(87-6)25-36(2)3)78(111)91-50(32-58(86)101)75(108)92-62(41)77(110)93-61/h10-19,26-31,36-37,49-50,57,59,61-67,69-70,72-73,81,87-90,98-100,102-106H,7-9,20-25,32-35H2,1-6H3,(H2,86,101)(H,91,111)(H,92,108)(H,93,110)(H,94,112)(H,95,107)(H,96,109)(H,97,115)(H,113,114)/t37-,49+,50-,57+,59-,61+,62+,63-,64+,65-,66+,67+,69+,70-,72+,73+,81-,83-/m0/s1. The first kappa shape index (κ1) is 94.1. The zero-order valence-electron chi connectivity index (χ0n) is 68.8. The summed E-state index contributed by atoms with van der Waals surface area (Å²) in [5, 5.41) is 133. The van der Waals surface area contributed by atoms with Crippen LogP contribution in [0.3, 0.4) is 0 Å². The number of phenolic OH excluding ortho intramolecular Hbond substituents is 3. The second-order valence-corrected chi connectivity index (χ2v) is 34.3. The Balaban J connectivity index is 0.983. The number of nitrogens with two attached hydrogens (primary N) is 1. The van der Waals surface area contributed by atoms with Gasteiger partial charge < -0.3 is 143 Å². The first-order valence-electron chi connectivity index (χ1n) is 40.5. The molecule has 11 bridgehead atoms. The molecule has 18 atom stereocenters. The number of nitrogens with one attached hydrogen (secondary N) is 11. The number of halogens is 2. The second kappa shape index (κ2) is 40.3. The molecule has 8 aliphatic rings. The number of aliphatic hydroxyl groups is 5. The number of carbonyl (C=O) groups excluding carboxylic acids is 8. The molecule has 0 spiro atoms. The van der Waals surface area contributed by atoms with E-state index in [1.165, 1.54) is 31.3 Å². The van der Waals surface area contributed by atoms with Gasteiger partial charge in [-0.1, -0.05) is 75.0 Å². The molecular weight excluding hydrogens is 1720 g/mol. The highest BCUT2D eigenvalue weighted by molar-refractivity contribution is 7.89. The van der Waals surface area contributed by atoms with Crippen molar-refractivity contribution in [3.05, 3.63) is 140 Å². The summed E-state index contributed by atoms with van der Waals surface area (Å²) in [6, 6.07) is 3.99. The van der Waals surface area contributed by atoms with Crippen molar-refractivity contribution < 1.29 is 135 Å². The summed E-state index contributed by atoms with van der Waals surface area (Å²) in [5.41, 5.74) is 1.12. The topological polar surface area (TPSA) is 602 Å². The van der Waals surface area contributed by atoms with E-state index in [1.54, 1.807) is 26.0 Å². The number of phenols is 3. The van der Waals surface area contributed by atoms with Crippen LogP contribution in [0.2, 0.25) is 10.0 Å². The smallest absolute Gasteiger partial charge is 0.408 e. The number of amides is 8. The number of likely N-dealkylation sites (N-methyl/N-ethyl adjacent to an activating group) is 1. The minimum Gasteiger partial charge on any atom is -0.507 e. The molecule has 40 nitrogen and oxygen atoms in total. The molecule has 6 aromatic rings. The number of carboxylic acids is 1. The maximum absolute atomic E-state index is 16.4. The number of hydrogen-bond donors (Lipinski definition) is 21. The van der Waals surface area contributed by atoms with Crippen LogP contribution in [-0.4, -0.2) is 233 Å². The number of primary amides is 1. The number of aliphatic hydroxyl groups excluding tert-OH is 5. The minimum absolute atomic E-state index is 0.00491. The Bertz CT molecular complexity index is 5220. The Labute approximate surface area is 731 Å².